The van der Waals surface area contributed by atoms with Gasteiger partial charge in [-0.2, -0.15) is 0 Å². The lowest BCUT2D eigenvalue weighted by atomic mass is 10.2. The number of carbonyl (C=O) groups is 1. The number of hydrogen-bond acceptors (Lipinski definition) is 6. The Balaban J connectivity index is 1.29. The molecule has 1 fully saturated rings. The van der Waals surface area contributed by atoms with Crippen LogP contribution in [0.2, 0.25) is 5.04 Å². The van der Waals surface area contributed by atoms with Crippen molar-refractivity contribution in [3.8, 4) is 0 Å². The largest absolute Gasteiger partial charge is 0.401 e. The van der Waals surface area contributed by atoms with Crippen molar-refractivity contribution in [2.75, 3.05) is 18.0 Å². The van der Waals surface area contributed by atoms with Crippen molar-refractivity contribution in [1.82, 2.24) is 10.3 Å². The van der Waals surface area contributed by atoms with Crippen molar-refractivity contribution in [1.29, 1.82) is 0 Å². The summed E-state index contributed by atoms with van der Waals surface area (Å²) in [7, 11) is -2.55. The first kappa shape index (κ1) is 24.9. The van der Waals surface area contributed by atoms with Gasteiger partial charge in [0.15, 0.2) is 5.13 Å². The zero-order valence-electron chi connectivity index (χ0n) is 20.8. The quantitative estimate of drug-likeness (QED) is 0.328. The smallest absolute Gasteiger partial charge is 0.261 e. The van der Waals surface area contributed by atoms with Crippen LogP contribution in [-0.4, -0.2) is 38.4 Å². The molecule has 2 aromatic carbocycles. The minimum Gasteiger partial charge on any atom is -0.401 e. The molecule has 3 heterocycles. The molecule has 4 aromatic rings. The number of amides is 1. The summed E-state index contributed by atoms with van der Waals surface area (Å²) >= 11 is 3.07. The maximum Gasteiger partial charge on any atom is 0.261 e. The lowest BCUT2D eigenvalue weighted by molar-refractivity contribution is 0.0954. The fraction of sp³-hybridized carbons (Fsp3) is 0.286. The fourth-order valence-electron chi connectivity index (χ4n) is 4.80. The van der Waals surface area contributed by atoms with Gasteiger partial charge in [0.1, 0.15) is 0 Å². The molecule has 1 N–H and O–H groups in total. The van der Waals surface area contributed by atoms with Crippen LogP contribution < -0.4 is 20.6 Å². The number of benzene rings is 2. The first-order valence-electron chi connectivity index (χ1n) is 12.2. The van der Waals surface area contributed by atoms with Crippen molar-refractivity contribution < 1.29 is 9.22 Å². The van der Waals surface area contributed by atoms with E-state index in [2.05, 4.69) is 91.7 Å². The summed E-state index contributed by atoms with van der Waals surface area (Å²) in [6, 6.07) is 25.3. The van der Waals surface area contributed by atoms with Crippen molar-refractivity contribution >= 4 is 52.4 Å². The average Bonchev–Trinajstić information content (AvgIpc) is 3.55. The highest BCUT2D eigenvalue weighted by Crippen LogP contribution is 2.39. The predicted octanol–water partition coefficient (Wildman–Crippen LogP) is 4.90. The Hall–Kier alpha value is -2.78. The Kier molecular flexibility index (Phi) is 7.12. The molecule has 5 nitrogen and oxygen atoms in total. The zero-order chi connectivity index (χ0) is 25.2. The first-order valence-corrected chi connectivity index (χ1v) is 15.8. The molecular weight excluding hydrogens is 503 g/mol. The van der Waals surface area contributed by atoms with E-state index in [0.717, 1.165) is 28.8 Å². The van der Waals surface area contributed by atoms with Gasteiger partial charge in [-0.1, -0.05) is 87.5 Å². The second kappa shape index (κ2) is 10.3. The first-order chi connectivity index (χ1) is 17.4. The molecule has 0 unspecified atom stereocenters. The van der Waals surface area contributed by atoms with Gasteiger partial charge in [-0.05, 0) is 26.9 Å². The number of thiazole rings is 1. The average molecular weight is 534 g/mol. The van der Waals surface area contributed by atoms with Gasteiger partial charge in [-0.15, -0.1) is 22.7 Å². The molecule has 0 aliphatic carbocycles. The molecule has 0 spiro atoms. The van der Waals surface area contributed by atoms with E-state index in [1.807, 2.05) is 22.9 Å². The third kappa shape index (κ3) is 4.91. The van der Waals surface area contributed by atoms with Crippen LogP contribution in [0.3, 0.4) is 0 Å². The van der Waals surface area contributed by atoms with E-state index in [4.69, 9.17) is 9.41 Å². The van der Waals surface area contributed by atoms with E-state index < -0.39 is 8.32 Å². The number of carbonyl (C=O) groups excluding carboxylic acids is 1. The molecule has 5 rings (SSSR count). The van der Waals surface area contributed by atoms with Crippen LogP contribution in [0, 0.1) is 0 Å². The van der Waals surface area contributed by atoms with Crippen LogP contribution in [0.25, 0.3) is 0 Å². The van der Waals surface area contributed by atoms with Crippen molar-refractivity contribution in [2.45, 2.75) is 38.5 Å². The second-order valence-corrected chi connectivity index (χ2v) is 16.1. The highest BCUT2D eigenvalue weighted by atomic mass is 32.1. The third-order valence-electron chi connectivity index (χ3n) is 6.59. The lowest BCUT2D eigenvalue weighted by Crippen LogP contribution is -2.70. The molecule has 0 bridgehead atoms. The summed E-state index contributed by atoms with van der Waals surface area (Å²) in [6.45, 7) is 9.01. The maximum atomic E-state index is 12.2. The van der Waals surface area contributed by atoms with Gasteiger partial charge in [0.05, 0.1) is 23.2 Å². The van der Waals surface area contributed by atoms with Gasteiger partial charge in [0, 0.05) is 18.5 Å². The fourth-order valence-corrected chi connectivity index (χ4v) is 10.9. The SMILES string of the molecule is CC(C)(C)[Si](OC1CN(c2nc(CNC(=O)c3cccs3)cs2)C1)(c1ccccc1)c1ccccc1. The Morgan fingerprint density at radius 2 is 1.64 bits per heavy atom. The lowest BCUT2D eigenvalue weighted by Gasteiger charge is -2.49. The number of nitrogens with one attached hydrogen (secondary N) is 1. The van der Waals surface area contributed by atoms with Crippen LogP contribution >= 0.6 is 22.7 Å². The highest BCUT2D eigenvalue weighted by Gasteiger charge is 2.52. The van der Waals surface area contributed by atoms with Crippen molar-refractivity contribution in [3.05, 3.63) is 94.1 Å². The summed E-state index contributed by atoms with van der Waals surface area (Å²) in [5, 5.41) is 10.5. The second-order valence-electron chi connectivity index (χ2n) is 10.1. The molecule has 36 heavy (non-hydrogen) atoms. The Morgan fingerprint density at radius 3 is 2.19 bits per heavy atom. The number of nitrogens with zero attached hydrogens (tertiary/aromatic N) is 2. The third-order valence-corrected chi connectivity index (χ3v) is 13.5. The van der Waals surface area contributed by atoms with Crippen LogP contribution in [0.1, 0.15) is 36.1 Å². The Labute approximate surface area is 221 Å². The van der Waals surface area contributed by atoms with Gasteiger partial charge in [-0.25, -0.2) is 4.98 Å². The highest BCUT2D eigenvalue weighted by molar-refractivity contribution is 7.13. The number of hydrogen-bond donors (Lipinski definition) is 1. The van der Waals surface area contributed by atoms with Gasteiger partial charge in [-0.3, -0.25) is 4.79 Å². The van der Waals surface area contributed by atoms with Gasteiger partial charge < -0.3 is 14.6 Å². The molecule has 2 aromatic heterocycles. The summed E-state index contributed by atoms with van der Waals surface area (Å²) in [5.41, 5.74) is 0.885. The minimum atomic E-state index is -2.55. The van der Waals surface area contributed by atoms with Crippen LogP contribution in [-0.2, 0) is 11.0 Å². The zero-order valence-corrected chi connectivity index (χ0v) is 23.4. The number of anilines is 1. The van der Waals surface area contributed by atoms with Crippen molar-refractivity contribution in [3.63, 3.8) is 0 Å². The number of rotatable bonds is 8. The number of thiophene rings is 1. The normalized spacial score (nSPS) is 14.5. The molecule has 0 atom stereocenters. The standard InChI is InChI=1S/C28H31N3O2S2Si/c1-28(2,3)36(23-11-6-4-7-12-23,24-13-8-5-9-14-24)33-22-18-31(19-22)27-30-21(20-35-27)17-29-26(32)25-15-10-16-34-25/h4-16,20,22H,17-19H2,1-3H3,(H,29,32). The molecule has 8 heteroatoms. The summed E-state index contributed by atoms with van der Waals surface area (Å²) in [4.78, 5) is 20.0. The van der Waals surface area contributed by atoms with E-state index in [-0.39, 0.29) is 17.0 Å². The van der Waals surface area contributed by atoms with E-state index in [1.165, 1.54) is 21.7 Å². The minimum absolute atomic E-state index is 0.0365. The number of aromatic nitrogens is 1. The molecule has 1 saturated heterocycles. The van der Waals surface area contributed by atoms with Crippen LogP contribution in [0.4, 0.5) is 5.13 Å². The summed E-state index contributed by atoms with van der Waals surface area (Å²) in [5.74, 6) is -0.0535. The van der Waals surface area contributed by atoms with Gasteiger partial charge >= 0.3 is 0 Å². The van der Waals surface area contributed by atoms with E-state index in [9.17, 15) is 4.79 Å². The molecule has 186 valence electrons. The molecule has 0 saturated carbocycles. The van der Waals surface area contributed by atoms with E-state index in [0.29, 0.717) is 6.54 Å². The molecule has 0 radical (unpaired) electrons. The maximum absolute atomic E-state index is 12.2. The topological polar surface area (TPSA) is 54.5 Å². The van der Waals surface area contributed by atoms with E-state index in [1.54, 1.807) is 11.3 Å². The molecular formula is C28H31N3O2S2Si. The van der Waals surface area contributed by atoms with E-state index >= 15 is 0 Å². The Bertz CT molecular complexity index is 1240. The predicted molar refractivity (Wildman–Crippen MR) is 152 cm³/mol. The monoisotopic (exact) mass is 533 g/mol. The summed E-state index contributed by atoms with van der Waals surface area (Å²) < 4.78 is 7.21. The van der Waals surface area contributed by atoms with Crippen LogP contribution in [0.15, 0.2) is 83.6 Å². The molecule has 1 aliphatic heterocycles. The Morgan fingerprint density at radius 1 is 1.00 bits per heavy atom. The van der Waals surface area contributed by atoms with Gasteiger partial charge in [0.2, 0.25) is 0 Å². The molecule has 1 aliphatic rings. The van der Waals surface area contributed by atoms with Crippen LogP contribution in [0.5, 0.6) is 0 Å². The van der Waals surface area contributed by atoms with Gasteiger partial charge in [0.25, 0.3) is 14.2 Å². The summed E-state index contributed by atoms with van der Waals surface area (Å²) in [6.07, 6.45) is 0.141. The van der Waals surface area contributed by atoms with Crippen molar-refractivity contribution in [2.24, 2.45) is 0 Å². The molecule has 1 amide bonds.